The normalized spacial score (nSPS) is 10.5. The number of carbonyl (C=O) groups is 1. The number of anilines is 1. The van der Waals surface area contributed by atoms with Crippen LogP contribution in [-0.2, 0) is 6.42 Å². The molecule has 0 aromatic carbocycles. The van der Waals surface area contributed by atoms with Gasteiger partial charge in [0.1, 0.15) is 5.82 Å². The summed E-state index contributed by atoms with van der Waals surface area (Å²) >= 11 is 1.58. The fourth-order valence-corrected chi connectivity index (χ4v) is 2.66. The van der Waals surface area contributed by atoms with Crippen molar-refractivity contribution in [1.82, 2.24) is 25.1 Å². The summed E-state index contributed by atoms with van der Waals surface area (Å²) in [5, 5.41) is 12.7. The van der Waals surface area contributed by atoms with E-state index in [0.29, 0.717) is 24.6 Å². The average molecular weight is 328 g/mol. The predicted molar refractivity (Wildman–Crippen MR) is 88.9 cm³/mol. The van der Waals surface area contributed by atoms with Crippen molar-refractivity contribution in [2.24, 2.45) is 0 Å². The predicted octanol–water partition coefficient (Wildman–Crippen LogP) is 2.40. The van der Waals surface area contributed by atoms with Crippen LogP contribution >= 0.6 is 11.3 Å². The quantitative estimate of drug-likeness (QED) is 0.753. The maximum absolute atomic E-state index is 12.0. The molecule has 8 heteroatoms. The minimum Gasteiger partial charge on any atom is -0.337 e. The topological polar surface area (TPSA) is 84.7 Å². The van der Waals surface area contributed by atoms with Crippen LogP contribution in [0, 0.1) is 6.92 Å². The van der Waals surface area contributed by atoms with Crippen LogP contribution in [0.2, 0.25) is 0 Å². The third-order valence-corrected chi connectivity index (χ3v) is 3.95. The summed E-state index contributed by atoms with van der Waals surface area (Å²) in [6.07, 6.45) is 5.80. The van der Waals surface area contributed by atoms with Gasteiger partial charge in [-0.2, -0.15) is 9.78 Å². The number of carbonyl (C=O) groups excluding carboxylic acids is 1. The molecular weight excluding hydrogens is 312 g/mol. The second-order valence-corrected chi connectivity index (χ2v) is 5.86. The molecule has 0 aliphatic heterocycles. The highest BCUT2D eigenvalue weighted by Crippen LogP contribution is 2.13. The minimum atomic E-state index is -0.282. The molecule has 0 fully saturated rings. The maximum atomic E-state index is 12.0. The molecule has 3 heterocycles. The van der Waals surface area contributed by atoms with Crippen molar-refractivity contribution in [3.8, 4) is 5.82 Å². The Morgan fingerprint density at radius 3 is 2.96 bits per heavy atom. The largest absolute Gasteiger partial charge is 0.337 e. The Balaban J connectivity index is 1.60. The monoisotopic (exact) mass is 328 g/mol. The molecule has 0 bridgehead atoms. The lowest BCUT2D eigenvalue weighted by molar-refractivity contribution is 0.252. The first-order chi connectivity index (χ1) is 11.2. The van der Waals surface area contributed by atoms with E-state index >= 15 is 0 Å². The number of nitrogens with one attached hydrogen (secondary N) is 2. The van der Waals surface area contributed by atoms with Gasteiger partial charge >= 0.3 is 6.03 Å². The van der Waals surface area contributed by atoms with Crippen molar-refractivity contribution in [3.63, 3.8) is 0 Å². The van der Waals surface area contributed by atoms with Crippen molar-refractivity contribution in [2.75, 3.05) is 11.9 Å². The van der Waals surface area contributed by atoms with E-state index in [9.17, 15) is 4.79 Å². The Kier molecular flexibility index (Phi) is 4.62. The SMILES string of the molecule is Cc1ccnc(-n2nccc2NC(=O)NCCc2nccs2)c1. The molecule has 3 aromatic rings. The van der Waals surface area contributed by atoms with Gasteiger partial charge in [-0.15, -0.1) is 11.3 Å². The number of hydrogen-bond donors (Lipinski definition) is 2. The Labute approximate surface area is 137 Å². The van der Waals surface area contributed by atoms with Crippen molar-refractivity contribution in [2.45, 2.75) is 13.3 Å². The highest BCUT2D eigenvalue weighted by atomic mass is 32.1. The number of aromatic nitrogens is 4. The zero-order valence-electron chi connectivity index (χ0n) is 12.6. The van der Waals surface area contributed by atoms with E-state index in [0.717, 1.165) is 10.6 Å². The van der Waals surface area contributed by atoms with E-state index < -0.39 is 0 Å². The van der Waals surface area contributed by atoms with Crippen molar-refractivity contribution in [3.05, 3.63) is 52.7 Å². The van der Waals surface area contributed by atoms with Gasteiger partial charge in [-0.05, 0) is 24.6 Å². The van der Waals surface area contributed by atoms with Gasteiger partial charge in [0.25, 0.3) is 0 Å². The molecular formula is C15H16N6OS. The van der Waals surface area contributed by atoms with Crippen molar-refractivity contribution in [1.29, 1.82) is 0 Å². The van der Waals surface area contributed by atoms with E-state index in [1.807, 2.05) is 24.4 Å². The first-order valence-corrected chi connectivity index (χ1v) is 8.00. The number of pyridine rings is 1. The van der Waals surface area contributed by atoms with Gasteiger partial charge in [-0.1, -0.05) is 0 Å². The summed E-state index contributed by atoms with van der Waals surface area (Å²) in [7, 11) is 0. The summed E-state index contributed by atoms with van der Waals surface area (Å²) in [6.45, 7) is 2.50. The number of nitrogens with zero attached hydrogens (tertiary/aromatic N) is 4. The van der Waals surface area contributed by atoms with Crippen LogP contribution in [0.25, 0.3) is 5.82 Å². The van der Waals surface area contributed by atoms with Crippen LogP contribution < -0.4 is 10.6 Å². The first-order valence-electron chi connectivity index (χ1n) is 7.12. The second-order valence-electron chi connectivity index (χ2n) is 4.88. The van der Waals surface area contributed by atoms with Crippen LogP contribution in [0.15, 0.2) is 42.2 Å². The number of thiazole rings is 1. The van der Waals surface area contributed by atoms with Gasteiger partial charge in [0.15, 0.2) is 5.82 Å². The third kappa shape index (κ3) is 3.92. The van der Waals surface area contributed by atoms with Gasteiger partial charge in [0.05, 0.1) is 11.2 Å². The lowest BCUT2D eigenvalue weighted by Crippen LogP contribution is -2.31. The first kappa shape index (κ1) is 15.2. The van der Waals surface area contributed by atoms with Crippen LogP contribution in [0.5, 0.6) is 0 Å². The zero-order valence-corrected chi connectivity index (χ0v) is 13.4. The Hall–Kier alpha value is -2.74. The molecule has 3 rings (SSSR count). The van der Waals surface area contributed by atoms with Gasteiger partial charge < -0.3 is 5.32 Å². The number of aryl methyl sites for hydroxylation is 1. The van der Waals surface area contributed by atoms with Crippen molar-refractivity contribution >= 4 is 23.2 Å². The summed E-state index contributed by atoms with van der Waals surface area (Å²) in [6, 6.07) is 5.25. The van der Waals surface area contributed by atoms with Crippen LogP contribution in [0.1, 0.15) is 10.6 Å². The van der Waals surface area contributed by atoms with Crippen LogP contribution in [0.3, 0.4) is 0 Å². The molecule has 0 atom stereocenters. The van der Waals surface area contributed by atoms with E-state index in [-0.39, 0.29) is 6.03 Å². The zero-order chi connectivity index (χ0) is 16.1. The molecule has 2 N–H and O–H groups in total. The standard InChI is InChI=1S/C15H16N6OS/c1-11-2-5-16-13(10-11)21-12(3-7-19-21)20-15(22)18-6-4-14-17-8-9-23-14/h2-3,5,7-10H,4,6H2,1H3,(H2,18,20,22). The molecule has 0 radical (unpaired) electrons. The van der Waals surface area contributed by atoms with Crippen molar-refractivity contribution < 1.29 is 4.79 Å². The number of amides is 2. The summed E-state index contributed by atoms with van der Waals surface area (Å²) in [5.41, 5.74) is 1.07. The van der Waals surface area contributed by atoms with E-state index in [1.165, 1.54) is 0 Å². The molecule has 0 saturated carbocycles. The van der Waals surface area contributed by atoms with Gasteiger partial charge in [0, 0.05) is 36.8 Å². The number of rotatable bonds is 5. The Bertz CT molecular complexity index is 783. The fraction of sp³-hybridized carbons (Fsp3) is 0.200. The molecule has 3 aromatic heterocycles. The highest BCUT2D eigenvalue weighted by molar-refractivity contribution is 7.09. The van der Waals surface area contributed by atoms with Gasteiger partial charge in [-0.3, -0.25) is 5.32 Å². The van der Waals surface area contributed by atoms with E-state index in [1.54, 1.807) is 40.7 Å². The van der Waals surface area contributed by atoms with E-state index in [4.69, 9.17) is 0 Å². The molecule has 0 aliphatic carbocycles. The van der Waals surface area contributed by atoms with E-state index in [2.05, 4.69) is 25.7 Å². The summed E-state index contributed by atoms with van der Waals surface area (Å²) < 4.78 is 1.59. The molecule has 118 valence electrons. The van der Waals surface area contributed by atoms with Crippen LogP contribution in [-0.4, -0.2) is 32.3 Å². The molecule has 0 spiro atoms. The molecule has 2 amide bonds. The van der Waals surface area contributed by atoms with Gasteiger partial charge in [0.2, 0.25) is 0 Å². The number of hydrogen-bond acceptors (Lipinski definition) is 5. The molecule has 0 aliphatic rings. The Morgan fingerprint density at radius 1 is 1.26 bits per heavy atom. The summed E-state index contributed by atoms with van der Waals surface area (Å²) in [5.74, 6) is 1.22. The Morgan fingerprint density at radius 2 is 2.17 bits per heavy atom. The lowest BCUT2D eigenvalue weighted by Gasteiger charge is -2.09. The molecule has 0 saturated heterocycles. The smallest absolute Gasteiger partial charge is 0.320 e. The minimum absolute atomic E-state index is 0.282. The molecule has 0 unspecified atom stereocenters. The molecule has 23 heavy (non-hydrogen) atoms. The van der Waals surface area contributed by atoms with Crippen LogP contribution in [0.4, 0.5) is 10.6 Å². The fourth-order valence-electron chi connectivity index (χ4n) is 2.04. The highest BCUT2D eigenvalue weighted by Gasteiger charge is 2.09. The van der Waals surface area contributed by atoms with Gasteiger partial charge in [-0.25, -0.2) is 14.8 Å². The second kappa shape index (κ2) is 7.01. The third-order valence-electron chi connectivity index (χ3n) is 3.11. The lowest BCUT2D eigenvalue weighted by atomic mass is 10.3. The molecule has 7 nitrogen and oxygen atoms in total. The number of urea groups is 1. The average Bonchev–Trinajstić information content (AvgIpc) is 3.19. The summed E-state index contributed by atoms with van der Waals surface area (Å²) in [4.78, 5) is 20.4. The maximum Gasteiger partial charge on any atom is 0.320 e.